The number of nitrogens with zero attached hydrogens (tertiary/aromatic N) is 2. The van der Waals surface area contributed by atoms with E-state index in [1.54, 1.807) is 5.57 Å². The van der Waals surface area contributed by atoms with Gasteiger partial charge in [-0.2, -0.15) is 0 Å². The molecule has 0 bridgehead atoms. The summed E-state index contributed by atoms with van der Waals surface area (Å²) in [5.41, 5.74) is 3.96. The van der Waals surface area contributed by atoms with Crippen LogP contribution in [0, 0.1) is 0 Å². The highest BCUT2D eigenvalue weighted by Crippen LogP contribution is 2.19. The Morgan fingerprint density at radius 3 is 2.57 bits per heavy atom. The topological polar surface area (TPSA) is 56.7 Å². The molecule has 0 aromatic heterocycles. The summed E-state index contributed by atoms with van der Waals surface area (Å²) in [7, 11) is 0. The fourth-order valence-electron chi connectivity index (χ4n) is 3.83. The highest BCUT2D eigenvalue weighted by Gasteiger charge is 2.19. The molecule has 1 amide bonds. The molecule has 0 atom stereocenters. The molecule has 2 aliphatic rings. The number of carbonyl (C=O) groups excluding carboxylic acids is 1. The molecule has 5 heteroatoms. The quantitative estimate of drug-likeness (QED) is 0.409. The first-order chi connectivity index (χ1) is 13.7. The van der Waals surface area contributed by atoms with Crippen molar-refractivity contribution in [3.05, 3.63) is 47.0 Å². The van der Waals surface area contributed by atoms with E-state index >= 15 is 0 Å². The lowest BCUT2D eigenvalue weighted by atomic mass is 9.97. The van der Waals surface area contributed by atoms with Crippen LogP contribution in [0.15, 0.2) is 40.9 Å². The fraction of sp³-hybridized carbons (Fsp3) is 0.565. The number of aliphatic imine (C=N–C) groups is 1. The minimum Gasteiger partial charge on any atom is -0.357 e. The summed E-state index contributed by atoms with van der Waals surface area (Å²) in [5, 5.41) is 6.79. The van der Waals surface area contributed by atoms with Crippen molar-refractivity contribution in [2.75, 3.05) is 19.6 Å². The van der Waals surface area contributed by atoms with E-state index in [0.29, 0.717) is 13.0 Å². The monoisotopic (exact) mass is 382 g/mol. The number of likely N-dealkylation sites (tertiary alicyclic amines) is 1. The Labute approximate surface area is 169 Å². The van der Waals surface area contributed by atoms with Crippen LogP contribution in [0.25, 0.3) is 0 Å². The summed E-state index contributed by atoms with van der Waals surface area (Å²) >= 11 is 0. The van der Waals surface area contributed by atoms with Gasteiger partial charge in [0.2, 0.25) is 5.91 Å². The zero-order valence-electron chi connectivity index (χ0n) is 17.2. The number of guanidine groups is 1. The average Bonchev–Trinajstić information content (AvgIpc) is 3.12. The second kappa shape index (κ2) is 10.9. The van der Waals surface area contributed by atoms with Gasteiger partial charge in [-0.3, -0.25) is 4.79 Å². The minimum absolute atomic E-state index is 0.277. The lowest BCUT2D eigenvalue weighted by Crippen LogP contribution is -2.37. The summed E-state index contributed by atoms with van der Waals surface area (Å²) in [6.07, 6.45) is 10.4. The van der Waals surface area contributed by atoms with Crippen LogP contribution in [0.3, 0.4) is 0 Å². The van der Waals surface area contributed by atoms with Crippen molar-refractivity contribution in [3.8, 4) is 0 Å². The molecule has 1 fully saturated rings. The van der Waals surface area contributed by atoms with Gasteiger partial charge < -0.3 is 15.5 Å². The maximum absolute atomic E-state index is 11.8. The van der Waals surface area contributed by atoms with E-state index in [9.17, 15) is 4.79 Å². The molecule has 2 N–H and O–H groups in total. The van der Waals surface area contributed by atoms with E-state index in [2.05, 4.69) is 47.9 Å². The molecular formula is C23H34N4O. The van der Waals surface area contributed by atoms with Crippen LogP contribution in [0.4, 0.5) is 0 Å². The van der Waals surface area contributed by atoms with Crippen molar-refractivity contribution < 1.29 is 4.79 Å². The third kappa shape index (κ3) is 6.39. The van der Waals surface area contributed by atoms with Crippen LogP contribution in [0.2, 0.25) is 0 Å². The number of benzene rings is 1. The van der Waals surface area contributed by atoms with Gasteiger partial charge in [-0.15, -0.1) is 0 Å². The van der Waals surface area contributed by atoms with Gasteiger partial charge in [0.15, 0.2) is 5.96 Å². The van der Waals surface area contributed by atoms with Gasteiger partial charge in [-0.25, -0.2) is 4.99 Å². The van der Waals surface area contributed by atoms with E-state index in [0.717, 1.165) is 45.0 Å². The second-order valence-corrected chi connectivity index (χ2v) is 7.72. The van der Waals surface area contributed by atoms with Crippen LogP contribution >= 0.6 is 0 Å². The first-order valence-corrected chi connectivity index (χ1v) is 10.8. The summed E-state index contributed by atoms with van der Waals surface area (Å²) in [5.74, 6) is 1.16. The zero-order chi connectivity index (χ0) is 19.6. The maximum Gasteiger partial charge on any atom is 0.222 e. The lowest BCUT2D eigenvalue weighted by Gasteiger charge is -2.16. The van der Waals surface area contributed by atoms with Crippen molar-refractivity contribution in [3.63, 3.8) is 0 Å². The van der Waals surface area contributed by atoms with Crippen LogP contribution < -0.4 is 10.6 Å². The van der Waals surface area contributed by atoms with Crippen LogP contribution in [0.1, 0.15) is 63.0 Å². The van der Waals surface area contributed by atoms with E-state index in [1.165, 1.54) is 36.8 Å². The second-order valence-electron chi connectivity index (χ2n) is 7.72. The zero-order valence-corrected chi connectivity index (χ0v) is 17.2. The third-order valence-corrected chi connectivity index (χ3v) is 5.46. The molecule has 0 unspecified atom stereocenters. The van der Waals surface area contributed by atoms with E-state index in [-0.39, 0.29) is 5.91 Å². The fourth-order valence-corrected chi connectivity index (χ4v) is 3.83. The molecule has 5 nitrogen and oxygen atoms in total. The molecule has 1 aromatic rings. The molecule has 3 rings (SSSR count). The standard InChI is InChI=1S/C23H34N4O/c1-2-24-23(25-15-14-19-7-4-3-5-8-19)26-17-20-10-12-21(13-11-20)18-27-16-6-9-22(27)28/h7,10-13H,2-6,8-9,14-18H2,1H3,(H2,24,25,26). The average molecular weight is 383 g/mol. The van der Waals surface area contributed by atoms with Crippen molar-refractivity contribution in [1.29, 1.82) is 0 Å². The molecular weight excluding hydrogens is 348 g/mol. The molecule has 1 aliphatic carbocycles. The van der Waals surface area contributed by atoms with Gasteiger partial charge in [0, 0.05) is 32.6 Å². The Kier molecular flexibility index (Phi) is 7.94. The Balaban J connectivity index is 1.47. The molecule has 0 spiro atoms. The number of amides is 1. The van der Waals surface area contributed by atoms with E-state index in [1.807, 2.05) is 4.90 Å². The number of nitrogens with one attached hydrogen (secondary N) is 2. The number of hydrogen-bond acceptors (Lipinski definition) is 2. The third-order valence-electron chi connectivity index (χ3n) is 5.46. The Morgan fingerprint density at radius 1 is 1.07 bits per heavy atom. The number of hydrogen-bond donors (Lipinski definition) is 2. The normalized spacial score (nSPS) is 17.6. The SMILES string of the molecule is CCNC(=NCc1ccc(CN2CCCC2=O)cc1)NCCC1=CCCCC1. The molecule has 1 saturated heterocycles. The summed E-state index contributed by atoms with van der Waals surface area (Å²) < 4.78 is 0. The van der Waals surface area contributed by atoms with Crippen molar-refractivity contribution in [2.24, 2.45) is 4.99 Å². The van der Waals surface area contributed by atoms with Crippen LogP contribution in [-0.2, 0) is 17.9 Å². The maximum atomic E-state index is 11.8. The van der Waals surface area contributed by atoms with E-state index in [4.69, 9.17) is 4.99 Å². The number of carbonyl (C=O) groups is 1. The highest BCUT2D eigenvalue weighted by atomic mass is 16.2. The molecule has 28 heavy (non-hydrogen) atoms. The molecule has 0 radical (unpaired) electrons. The summed E-state index contributed by atoms with van der Waals surface area (Å²) in [6.45, 7) is 6.15. The first kappa shape index (κ1) is 20.4. The number of rotatable bonds is 8. The molecule has 0 saturated carbocycles. The predicted molar refractivity (Wildman–Crippen MR) is 115 cm³/mol. The first-order valence-electron chi connectivity index (χ1n) is 10.8. The molecule has 1 aliphatic heterocycles. The molecule has 1 heterocycles. The van der Waals surface area contributed by atoms with Crippen LogP contribution in [-0.4, -0.2) is 36.4 Å². The summed E-state index contributed by atoms with van der Waals surface area (Å²) in [6, 6.07) is 8.48. The highest BCUT2D eigenvalue weighted by molar-refractivity contribution is 5.79. The van der Waals surface area contributed by atoms with Crippen molar-refractivity contribution in [1.82, 2.24) is 15.5 Å². The molecule has 1 aromatic carbocycles. The lowest BCUT2D eigenvalue weighted by molar-refractivity contribution is -0.128. The Bertz CT molecular complexity index is 693. The van der Waals surface area contributed by atoms with Gasteiger partial charge in [0.1, 0.15) is 0 Å². The van der Waals surface area contributed by atoms with Gasteiger partial charge in [-0.05, 0) is 56.6 Å². The Morgan fingerprint density at radius 2 is 1.89 bits per heavy atom. The van der Waals surface area contributed by atoms with Gasteiger partial charge in [-0.1, -0.05) is 35.9 Å². The smallest absolute Gasteiger partial charge is 0.222 e. The summed E-state index contributed by atoms with van der Waals surface area (Å²) in [4.78, 5) is 18.4. The van der Waals surface area contributed by atoms with Gasteiger partial charge in [0.05, 0.1) is 6.54 Å². The van der Waals surface area contributed by atoms with Crippen molar-refractivity contribution in [2.45, 2.75) is 65.0 Å². The predicted octanol–water partition coefficient (Wildman–Crippen LogP) is 3.75. The largest absolute Gasteiger partial charge is 0.357 e. The number of allylic oxidation sites excluding steroid dienone is 1. The van der Waals surface area contributed by atoms with Gasteiger partial charge in [0.25, 0.3) is 0 Å². The van der Waals surface area contributed by atoms with Crippen LogP contribution in [0.5, 0.6) is 0 Å². The Hall–Kier alpha value is -2.30. The van der Waals surface area contributed by atoms with Crippen molar-refractivity contribution >= 4 is 11.9 Å². The minimum atomic E-state index is 0.277. The van der Waals surface area contributed by atoms with Gasteiger partial charge >= 0.3 is 0 Å². The van der Waals surface area contributed by atoms with E-state index < -0.39 is 0 Å². The molecule has 152 valence electrons.